The number of hydrogen-bond acceptors (Lipinski definition) is 4. The van der Waals surface area contributed by atoms with Crippen molar-refractivity contribution in [2.24, 2.45) is 11.7 Å². The molecule has 0 unspecified atom stereocenters. The molecule has 4 N–H and O–H groups in total. The van der Waals surface area contributed by atoms with Crippen LogP contribution in [0.1, 0.15) is 34.8 Å². The molecule has 1 aliphatic rings. The number of aromatic hydroxyl groups is 1. The maximum absolute atomic E-state index is 13.8. The van der Waals surface area contributed by atoms with E-state index < -0.39 is 23.6 Å². The molecule has 0 spiro atoms. The summed E-state index contributed by atoms with van der Waals surface area (Å²) in [6.45, 7) is 1.08. The first kappa shape index (κ1) is 13.8. The normalized spacial score (nSPS) is 18.2. The quantitative estimate of drug-likeness (QED) is 0.776. The number of hydrogen-bond donors (Lipinski definition) is 3. The van der Waals surface area contributed by atoms with Crippen LogP contribution < -0.4 is 5.73 Å². The van der Waals surface area contributed by atoms with Gasteiger partial charge < -0.3 is 20.7 Å². The summed E-state index contributed by atoms with van der Waals surface area (Å²) in [5, 5.41) is 18.8. The van der Waals surface area contributed by atoms with E-state index in [0.717, 1.165) is 12.1 Å². The molecule has 1 aromatic carbocycles. The van der Waals surface area contributed by atoms with Crippen molar-refractivity contribution in [1.29, 1.82) is 0 Å². The molecule has 104 valence electrons. The van der Waals surface area contributed by atoms with Crippen LogP contribution in [-0.4, -0.2) is 29.4 Å². The van der Waals surface area contributed by atoms with Crippen LogP contribution in [0, 0.1) is 11.7 Å². The van der Waals surface area contributed by atoms with Crippen molar-refractivity contribution < 1.29 is 24.1 Å². The SMILES string of the molecule is N[C@H](c1c(F)ccc(C(=O)O)c1O)C1CCOCC1. The van der Waals surface area contributed by atoms with E-state index in [4.69, 9.17) is 15.6 Å². The van der Waals surface area contributed by atoms with Crippen LogP contribution in [0.5, 0.6) is 5.75 Å². The van der Waals surface area contributed by atoms with Crippen molar-refractivity contribution in [3.05, 3.63) is 29.1 Å². The molecular weight excluding hydrogens is 253 g/mol. The van der Waals surface area contributed by atoms with Gasteiger partial charge in [-0.25, -0.2) is 9.18 Å². The number of carbonyl (C=O) groups is 1. The summed E-state index contributed by atoms with van der Waals surface area (Å²) in [7, 11) is 0. The van der Waals surface area contributed by atoms with E-state index in [-0.39, 0.29) is 17.0 Å². The van der Waals surface area contributed by atoms with Crippen LogP contribution in [0.3, 0.4) is 0 Å². The minimum absolute atomic E-state index is 0.0294. The van der Waals surface area contributed by atoms with Gasteiger partial charge in [0, 0.05) is 24.8 Å². The summed E-state index contributed by atoms with van der Waals surface area (Å²) < 4.78 is 19.0. The second-order valence-corrected chi connectivity index (χ2v) is 4.64. The third-order valence-corrected chi connectivity index (χ3v) is 3.50. The fourth-order valence-electron chi connectivity index (χ4n) is 2.38. The van der Waals surface area contributed by atoms with E-state index in [9.17, 15) is 14.3 Å². The van der Waals surface area contributed by atoms with Crippen molar-refractivity contribution in [1.82, 2.24) is 0 Å². The van der Waals surface area contributed by atoms with E-state index >= 15 is 0 Å². The lowest BCUT2D eigenvalue weighted by atomic mass is 9.86. The minimum Gasteiger partial charge on any atom is -0.507 e. The van der Waals surface area contributed by atoms with Crippen molar-refractivity contribution >= 4 is 5.97 Å². The van der Waals surface area contributed by atoms with E-state index in [0.29, 0.717) is 26.1 Å². The number of halogens is 1. The molecule has 0 radical (unpaired) electrons. The maximum atomic E-state index is 13.8. The first-order valence-electron chi connectivity index (χ1n) is 6.10. The highest BCUT2D eigenvalue weighted by atomic mass is 19.1. The smallest absolute Gasteiger partial charge is 0.339 e. The van der Waals surface area contributed by atoms with Gasteiger partial charge in [-0.3, -0.25) is 0 Å². The summed E-state index contributed by atoms with van der Waals surface area (Å²) in [5.74, 6) is -2.59. The Kier molecular flexibility index (Phi) is 4.01. The average Bonchev–Trinajstić information content (AvgIpc) is 2.39. The van der Waals surface area contributed by atoms with Gasteiger partial charge in [0.2, 0.25) is 0 Å². The van der Waals surface area contributed by atoms with Gasteiger partial charge in [0.05, 0.1) is 0 Å². The van der Waals surface area contributed by atoms with E-state index in [1.807, 2.05) is 0 Å². The molecule has 1 saturated heterocycles. The van der Waals surface area contributed by atoms with Gasteiger partial charge in [-0.05, 0) is 30.9 Å². The Labute approximate surface area is 109 Å². The summed E-state index contributed by atoms with van der Waals surface area (Å²) >= 11 is 0. The molecule has 0 bridgehead atoms. The van der Waals surface area contributed by atoms with Crippen LogP contribution in [-0.2, 0) is 4.74 Å². The fourth-order valence-corrected chi connectivity index (χ4v) is 2.38. The van der Waals surface area contributed by atoms with Gasteiger partial charge >= 0.3 is 5.97 Å². The second-order valence-electron chi connectivity index (χ2n) is 4.64. The topological polar surface area (TPSA) is 92.8 Å². The van der Waals surface area contributed by atoms with Crippen LogP contribution in [0.4, 0.5) is 4.39 Å². The lowest BCUT2D eigenvalue weighted by Crippen LogP contribution is -2.28. The highest BCUT2D eigenvalue weighted by molar-refractivity contribution is 5.91. The van der Waals surface area contributed by atoms with Crippen molar-refractivity contribution in [3.63, 3.8) is 0 Å². The van der Waals surface area contributed by atoms with Gasteiger partial charge in [-0.15, -0.1) is 0 Å². The molecule has 1 fully saturated rings. The number of carboxylic acids is 1. The number of rotatable bonds is 3. The standard InChI is InChI=1S/C13H16FNO4/c14-9-2-1-8(13(17)18)12(16)10(9)11(15)7-3-5-19-6-4-7/h1-2,7,11,16H,3-6,15H2,(H,17,18)/t11-/m0/s1. The van der Waals surface area contributed by atoms with Crippen LogP contribution in [0.15, 0.2) is 12.1 Å². The van der Waals surface area contributed by atoms with E-state index in [1.165, 1.54) is 0 Å². The molecule has 1 heterocycles. The monoisotopic (exact) mass is 269 g/mol. The maximum Gasteiger partial charge on any atom is 0.339 e. The van der Waals surface area contributed by atoms with Crippen molar-refractivity contribution in [2.75, 3.05) is 13.2 Å². The number of benzene rings is 1. The molecule has 2 rings (SSSR count). The van der Waals surface area contributed by atoms with Gasteiger partial charge in [0.1, 0.15) is 17.1 Å². The zero-order valence-corrected chi connectivity index (χ0v) is 10.3. The Morgan fingerprint density at radius 3 is 2.63 bits per heavy atom. The lowest BCUT2D eigenvalue weighted by Gasteiger charge is -2.28. The zero-order valence-electron chi connectivity index (χ0n) is 10.3. The molecule has 0 aliphatic carbocycles. The Balaban J connectivity index is 2.37. The van der Waals surface area contributed by atoms with Gasteiger partial charge in [-0.1, -0.05) is 0 Å². The molecule has 1 atom stereocenters. The summed E-state index contributed by atoms with van der Waals surface area (Å²) in [6, 6.07) is 1.33. The Hall–Kier alpha value is -1.66. The molecule has 1 aromatic rings. The predicted molar refractivity (Wildman–Crippen MR) is 65.5 cm³/mol. The predicted octanol–water partition coefficient (Wildman–Crippen LogP) is 1.66. The molecule has 1 aliphatic heterocycles. The number of carboxylic acid groups (broad SMARTS) is 1. The number of nitrogens with two attached hydrogens (primary N) is 1. The Morgan fingerprint density at radius 1 is 1.42 bits per heavy atom. The summed E-state index contributed by atoms with van der Waals surface area (Å²) in [6.07, 6.45) is 1.33. The van der Waals surface area contributed by atoms with E-state index in [2.05, 4.69) is 0 Å². The van der Waals surface area contributed by atoms with Gasteiger partial charge in [0.25, 0.3) is 0 Å². The van der Waals surface area contributed by atoms with Crippen LogP contribution in [0.25, 0.3) is 0 Å². The second kappa shape index (κ2) is 5.54. The zero-order chi connectivity index (χ0) is 14.0. The number of phenols is 1. The average molecular weight is 269 g/mol. The molecule has 5 nitrogen and oxygen atoms in total. The number of ether oxygens (including phenoxy) is 1. The first-order chi connectivity index (χ1) is 9.02. The van der Waals surface area contributed by atoms with E-state index in [1.54, 1.807) is 0 Å². The Bertz CT molecular complexity index is 486. The minimum atomic E-state index is -1.31. The van der Waals surface area contributed by atoms with Crippen LogP contribution >= 0.6 is 0 Å². The highest BCUT2D eigenvalue weighted by Gasteiger charge is 2.29. The van der Waals surface area contributed by atoms with Gasteiger partial charge in [-0.2, -0.15) is 0 Å². The third kappa shape index (κ3) is 2.69. The third-order valence-electron chi connectivity index (χ3n) is 3.50. The lowest BCUT2D eigenvalue weighted by molar-refractivity contribution is 0.0575. The molecular formula is C13H16FNO4. The molecule has 0 saturated carbocycles. The molecule has 0 amide bonds. The largest absolute Gasteiger partial charge is 0.507 e. The van der Waals surface area contributed by atoms with Crippen molar-refractivity contribution in [2.45, 2.75) is 18.9 Å². The summed E-state index contributed by atoms with van der Waals surface area (Å²) in [4.78, 5) is 10.9. The fraction of sp³-hybridized carbons (Fsp3) is 0.462. The number of aromatic carboxylic acids is 1. The first-order valence-corrected chi connectivity index (χ1v) is 6.10. The molecule has 0 aromatic heterocycles. The molecule has 6 heteroatoms. The highest BCUT2D eigenvalue weighted by Crippen LogP contribution is 2.36. The Morgan fingerprint density at radius 2 is 2.05 bits per heavy atom. The van der Waals surface area contributed by atoms with Gasteiger partial charge in [0.15, 0.2) is 0 Å². The van der Waals surface area contributed by atoms with Crippen LogP contribution in [0.2, 0.25) is 0 Å². The van der Waals surface area contributed by atoms with Crippen molar-refractivity contribution in [3.8, 4) is 5.75 Å². The molecule has 19 heavy (non-hydrogen) atoms. The summed E-state index contributed by atoms with van der Waals surface area (Å²) in [5.41, 5.74) is 5.54.